The molecule has 0 radical (unpaired) electrons. The highest BCUT2D eigenvalue weighted by Crippen LogP contribution is 2.11. The molecule has 2 N–H and O–H groups in total. The molecule has 68 valence electrons. The number of aliphatic hydroxyl groups is 1. The van der Waals surface area contributed by atoms with Gasteiger partial charge in [0.15, 0.2) is 0 Å². The molecule has 0 bridgehead atoms. The number of nitrogens with zero attached hydrogens (tertiary/aromatic N) is 2. The van der Waals surface area contributed by atoms with Crippen LogP contribution in [0.25, 0.3) is 0 Å². The predicted octanol–water partition coefficient (Wildman–Crippen LogP) is -1.08. The van der Waals surface area contributed by atoms with Gasteiger partial charge in [-0.1, -0.05) is 0 Å². The van der Waals surface area contributed by atoms with Gasteiger partial charge in [-0.3, -0.25) is 4.48 Å². The Balaban J connectivity index is 2.78. The van der Waals surface area contributed by atoms with Gasteiger partial charge < -0.3 is 10.2 Å². The first kappa shape index (κ1) is 9.15. The Hall–Kier alpha value is -0.940. The molecule has 12 heavy (non-hydrogen) atoms. The molecule has 1 atom stereocenters. The highest BCUT2D eigenvalue weighted by molar-refractivity contribution is 6.31. The highest BCUT2D eigenvalue weighted by Gasteiger charge is 2.38. The molecule has 0 aliphatic carbocycles. The van der Waals surface area contributed by atoms with Gasteiger partial charge in [0, 0.05) is 0 Å². The van der Waals surface area contributed by atoms with Crippen LogP contribution in [0.3, 0.4) is 0 Å². The van der Waals surface area contributed by atoms with Crippen LogP contribution in [0.2, 0.25) is 0 Å². The average Bonchev–Trinajstić information content (AvgIpc) is 2.32. The first-order valence-electron chi connectivity index (χ1n) is 3.84. The van der Waals surface area contributed by atoms with Crippen molar-refractivity contribution in [3.05, 3.63) is 0 Å². The summed E-state index contributed by atoms with van der Waals surface area (Å²) in [6.07, 6.45) is 0. The number of amidine groups is 1. The van der Waals surface area contributed by atoms with Crippen molar-refractivity contribution in [2.24, 2.45) is 4.99 Å². The number of carboxylic acids is 1. The molecule has 0 aromatic heterocycles. The van der Waals surface area contributed by atoms with Crippen molar-refractivity contribution in [3.8, 4) is 0 Å². The van der Waals surface area contributed by atoms with Crippen LogP contribution in [0.5, 0.6) is 0 Å². The topological polar surface area (TPSA) is 69.9 Å². The molecular formula is C7H13N2O3+. The summed E-state index contributed by atoms with van der Waals surface area (Å²) in [6, 6.07) is 0. The Morgan fingerprint density at radius 2 is 2.42 bits per heavy atom. The second kappa shape index (κ2) is 3.20. The molecule has 5 heteroatoms. The van der Waals surface area contributed by atoms with Crippen molar-refractivity contribution in [2.75, 3.05) is 33.3 Å². The number of rotatable bonds is 3. The van der Waals surface area contributed by atoms with Crippen LogP contribution in [-0.2, 0) is 4.79 Å². The molecule has 1 aliphatic heterocycles. The summed E-state index contributed by atoms with van der Waals surface area (Å²) in [5.74, 6) is -0.826. The van der Waals surface area contributed by atoms with Gasteiger partial charge in [-0.2, -0.15) is 0 Å². The number of aliphatic imine (C=N–C) groups is 1. The lowest BCUT2D eigenvalue weighted by molar-refractivity contribution is -0.812. The zero-order valence-corrected chi connectivity index (χ0v) is 7.03. The molecule has 0 saturated carbocycles. The Labute approximate surface area is 70.5 Å². The fraction of sp³-hybridized carbons (Fsp3) is 0.714. The first-order chi connectivity index (χ1) is 5.60. The Kier molecular flexibility index (Phi) is 2.44. The Bertz CT molecular complexity index is 227. The van der Waals surface area contributed by atoms with Gasteiger partial charge in [0.1, 0.15) is 13.1 Å². The minimum Gasteiger partial charge on any atom is -0.472 e. The number of hydrogen-bond acceptors (Lipinski definition) is 3. The SMILES string of the molecule is C[N+]1(CCO)CCN=C1C(=O)O. The summed E-state index contributed by atoms with van der Waals surface area (Å²) in [5.41, 5.74) is 0. The molecule has 0 saturated heterocycles. The number of likely N-dealkylation sites (N-methyl/N-ethyl adjacent to an activating group) is 1. The van der Waals surface area contributed by atoms with Crippen molar-refractivity contribution in [1.29, 1.82) is 0 Å². The van der Waals surface area contributed by atoms with Crippen molar-refractivity contribution in [3.63, 3.8) is 0 Å². The molecule has 0 aromatic rings. The average molecular weight is 173 g/mol. The smallest absolute Gasteiger partial charge is 0.411 e. The van der Waals surface area contributed by atoms with Gasteiger partial charge in [-0.25, -0.2) is 9.79 Å². The first-order valence-corrected chi connectivity index (χ1v) is 3.84. The molecule has 1 unspecified atom stereocenters. The summed E-state index contributed by atoms with van der Waals surface area (Å²) >= 11 is 0. The molecule has 1 heterocycles. The summed E-state index contributed by atoms with van der Waals surface area (Å²) in [7, 11) is 1.77. The fourth-order valence-electron chi connectivity index (χ4n) is 1.39. The molecule has 0 aromatic carbocycles. The van der Waals surface area contributed by atoms with E-state index >= 15 is 0 Å². The molecule has 0 spiro atoms. The lowest BCUT2D eigenvalue weighted by Gasteiger charge is -2.26. The van der Waals surface area contributed by atoms with E-state index in [2.05, 4.69) is 4.99 Å². The zero-order chi connectivity index (χ0) is 9.19. The van der Waals surface area contributed by atoms with Gasteiger partial charge in [0.25, 0.3) is 0 Å². The monoisotopic (exact) mass is 173 g/mol. The molecule has 1 rings (SSSR count). The van der Waals surface area contributed by atoms with E-state index in [4.69, 9.17) is 10.2 Å². The molecule has 1 aliphatic rings. The van der Waals surface area contributed by atoms with Gasteiger partial charge in [0.2, 0.25) is 0 Å². The second-order valence-electron chi connectivity index (χ2n) is 3.08. The van der Waals surface area contributed by atoms with Crippen LogP contribution >= 0.6 is 0 Å². The number of carbonyl (C=O) groups is 1. The highest BCUT2D eigenvalue weighted by atomic mass is 16.4. The minimum atomic E-state index is -0.983. The summed E-state index contributed by atoms with van der Waals surface area (Å²) in [4.78, 5) is 14.5. The van der Waals surface area contributed by atoms with Gasteiger partial charge in [-0.15, -0.1) is 0 Å². The van der Waals surface area contributed by atoms with E-state index in [-0.39, 0.29) is 16.9 Å². The molecule has 5 nitrogen and oxygen atoms in total. The van der Waals surface area contributed by atoms with Crippen LogP contribution in [-0.4, -0.2) is 59.8 Å². The molecule has 0 amide bonds. The minimum absolute atomic E-state index is 0.0111. The Morgan fingerprint density at radius 3 is 2.92 bits per heavy atom. The second-order valence-corrected chi connectivity index (χ2v) is 3.08. The maximum atomic E-state index is 10.7. The van der Waals surface area contributed by atoms with Crippen molar-refractivity contribution < 1.29 is 19.5 Å². The van der Waals surface area contributed by atoms with Crippen LogP contribution < -0.4 is 0 Å². The number of hydrogen-bond donors (Lipinski definition) is 2. The van der Waals surface area contributed by atoms with Gasteiger partial charge in [-0.05, 0) is 0 Å². The normalized spacial score (nSPS) is 28.7. The van der Waals surface area contributed by atoms with E-state index in [0.717, 1.165) is 0 Å². The van der Waals surface area contributed by atoms with Crippen molar-refractivity contribution >= 4 is 11.8 Å². The van der Waals surface area contributed by atoms with Crippen LogP contribution in [0.1, 0.15) is 0 Å². The molecule has 0 fully saturated rings. The number of carboxylic acid groups (broad SMARTS) is 1. The van der Waals surface area contributed by atoms with E-state index in [1.54, 1.807) is 7.05 Å². The number of aliphatic hydroxyl groups excluding tert-OH is 1. The number of quaternary nitrogens is 1. The quantitative estimate of drug-likeness (QED) is 0.533. The zero-order valence-electron chi connectivity index (χ0n) is 7.03. The fourth-order valence-corrected chi connectivity index (χ4v) is 1.39. The van der Waals surface area contributed by atoms with Gasteiger partial charge >= 0.3 is 11.8 Å². The third-order valence-corrected chi connectivity index (χ3v) is 2.15. The maximum Gasteiger partial charge on any atom is 0.411 e. The van der Waals surface area contributed by atoms with Gasteiger partial charge in [0.05, 0.1) is 20.2 Å². The third kappa shape index (κ3) is 1.46. The summed E-state index contributed by atoms with van der Waals surface area (Å²) in [5, 5.41) is 17.5. The van der Waals surface area contributed by atoms with E-state index in [0.29, 0.717) is 19.6 Å². The van der Waals surface area contributed by atoms with E-state index in [9.17, 15) is 4.79 Å². The maximum absolute atomic E-state index is 10.7. The summed E-state index contributed by atoms with van der Waals surface area (Å²) < 4.78 is 0.242. The van der Waals surface area contributed by atoms with E-state index in [1.807, 2.05) is 0 Å². The van der Waals surface area contributed by atoms with Crippen molar-refractivity contribution in [2.45, 2.75) is 0 Å². The lowest BCUT2D eigenvalue weighted by atomic mass is 10.4. The third-order valence-electron chi connectivity index (χ3n) is 2.15. The summed E-state index contributed by atoms with van der Waals surface area (Å²) in [6.45, 7) is 1.62. The molecular weight excluding hydrogens is 160 g/mol. The predicted molar refractivity (Wildman–Crippen MR) is 42.9 cm³/mol. The van der Waals surface area contributed by atoms with E-state index < -0.39 is 5.97 Å². The largest absolute Gasteiger partial charge is 0.472 e. The van der Waals surface area contributed by atoms with Crippen molar-refractivity contribution in [1.82, 2.24) is 0 Å². The Morgan fingerprint density at radius 1 is 1.75 bits per heavy atom. The number of aliphatic carboxylic acids is 1. The van der Waals surface area contributed by atoms with Crippen LogP contribution in [0.4, 0.5) is 0 Å². The van der Waals surface area contributed by atoms with Crippen LogP contribution in [0.15, 0.2) is 4.99 Å². The lowest BCUT2D eigenvalue weighted by Crippen LogP contribution is -2.51. The standard InChI is InChI=1S/C7H12N2O3/c1-9(4-5-10)3-2-8-6(9)7(11)12/h10H,2-5H2,1H3/p+1. The van der Waals surface area contributed by atoms with Crippen LogP contribution in [0, 0.1) is 0 Å². The van der Waals surface area contributed by atoms with E-state index in [1.165, 1.54) is 0 Å².